The zero-order valence-electron chi connectivity index (χ0n) is 7.43. The van der Waals surface area contributed by atoms with Gasteiger partial charge in [-0.25, -0.2) is 0 Å². The van der Waals surface area contributed by atoms with Crippen molar-refractivity contribution in [3.05, 3.63) is 11.3 Å². The van der Waals surface area contributed by atoms with Gasteiger partial charge in [0.2, 0.25) is 0 Å². The Morgan fingerprint density at radius 2 is 1.91 bits per heavy atom. The Hall–Kier alpha value is -0.990. The summed E-state index contributed by atoms with van der Waals surface area (Å²) in [7, 11) is 0. The first-order valence-corrected chi connectivity index (χ1v) is 3.65. The topological polar surface area (TPSA) is 52.0 Å². The van der Waals surface area contributed by atoms with Gasteiger partial charge in [-0.15, -0.1) is 0 Å². The van der Waals surface area contributed by atoms with Crippen LogP contribution in [0.1, 0.15) is 32.1 Å². The van der Waals surface area contributed by atoms with Gasteiger partial charge in [-0.2, -0.15) is 0 Å². The van der Waals surface area contributed by atoms with E-state index in [1.54, 1.807) is 0 Å². The molecule has 11 heavy (non-hydrogen) atoms. The van der Waals surface area contributed by atoms with Crippen molar-refractivity contribution in [3.8, 4) is 0 Å². The fourth-order valence-corrected chi connectivity index (χ4v) is 1.05. The van der Waals surface area contributed by atoms with Crippen LogP contribution in [0.25, 0.3) is 0 Å². The normalized spacial score (nSPS) is 12.0. The van der Waals surface area contributed by atoms with E-state index in [0.717, 1.165) is 11.3 Å². The summed E-state index contributed by atoms with van der Waals surface area (Å²) >= 11 is 0. The molecule has 0 fully saturated rings. The molecule has 1 aromatic rings. The lowest BCUT2D eigenvalue weighted by Gasteiger charge is -2.14. The van der Waals surface area contributed by atoms with Crippen molar-refractivity contribution >= 4 is 5.82 Å². The van der Waals surface area contributed by atoms with Gasteiger partial charge in [-0.3, -0.25) is 0 Å². The van der Waals surface area contributed by atoms with E-state index in [0.29, 0.717) is 5.82 Å². The molecule has 0 aliphatic carbocycles. The first-order chi connectivity index (χ1) is 4.93. The Kier molecular flexibility index (Phi) is 1.66. The van der Waals surface area contributed by atoms with Crippen LogP contribution in [0.5, 0.6) is 0 Å². The van der Waals surface area contributed by atoms with Crippen LogP contribution in [0.15, 0.2) is 4.52 Å². The fraction of sp³-hybridized carbons (Fsp3) is 0.625. The molecule has 62 valence electrons. The zero-order valence-corrected chi connectivity index (χ0v) is 7.43. The summed E-state index contributed by atoms with van der Waals surface area (Å²) < 4.78 is 5.08. The van der Waals surface area contributed by atoms with Crippen LogP contribution in [0.3, 0.4) is 0 Å². The van der Waals surface area contributed by atoms with Crippen LogP contribution in [0.4, 0.5) is 5.82 Å². The third-order valence-corrected chi connectivity index (χ3v) is 1.64. The molecule has 0 bridgehead atoms. The first-order valence-electron chi connectivity index (χ1n) is 3.65. The maximum Gasteiger partial charge on any atom is 0.170 e. The fourth-order valence-electron chi connectivity index (χ4n) is 1.05. The SMILES string of the molecule is Cc1c(N)noc1C(C)(C)C. The Morgan fingerprint density at radius 1 is 1.36 bits per heavy atom. The number of anilines is 1. The van der Waals surface area contributed by atoms with E-state index < -0.39 is 0 Å². The predicted molar refractivity (Wildman–Crippen MR) is 44.4 cm³/mol. The van der Waals surface area contributed by atoms with Crippen LogP contribution in [0.2, 0.25) is 0 Å². The molecule has 0 aromatic carbocycles. The second-order valence-electron chi connectivity index (χ2n) is 3.77. The summed E-state index contributed by atoms with van der Waals surface area (Å²) in [4.78, 5) is 0. The highest BCUT2D eigenvalue weighted by molar-refractivity contribution is 5.41. The Balaban J connectivity index is 3.15. The molecule has 0 unspecified atom stereocenters. The van der Waals surface area contributed by atoms with Crippen molar-refractivity contribution in [1.29, 1.82) is 0 Å². The Labute approximate surface area is 66.6 Å². The average Bonchev–Trinajstić information content (AvgIpc) is 2.11. The predicted octanol–water partition coefficient (Wildman–Crippen LogP) is 1.86. The average molecular weight is 154 g/mol. The molecule has 0 spiro atoms. The molecule has 0 amide bonds. The summed E-state index contributed by atoms with van der Waals surface area (Å²) in [5, 5.41) is 3.69. The minimum absolute atomic E-state index is 0.00525. The van der Waals surface area contributed by atoms with Gasteiger partial charge in [0.1, 0.15) is 5.76 Å². The number of nitrogen functional groups attached to an aromatic ring is 1. The van der Waals surface area contributed by atoms with Crippen LogP contribution in [-0.4, -0.2) is 5.16 Å². The van der Waals surface area contributed by atoms with Gasteiger partial charge in [0, 0.05) is 11.0 Å². The minimum atomic E-state index is -0.00525. The van der Waals surface area contributed by atoms with Gasteiger partial charge < -0.3 is 10.3 Å². The molecule has 0 saturated carbocycles. The van der Waals surface area contributed by atoms with E-state index in [1.165, 1.54) is 0 Å². The molecule has 3 nitrogen and oxygen atoms in total. The van der Waals surface area contributed by atoms with Crippen molar-refractivity contribution in [3.63, 3.8) is 0 Å². The molecule has 1 aromatic heterocycles. The lowest BCUT2D eigenvalue weighted by Crippen LogP contribution is -2.11. The highest BCUT2D eigenvalue weighted by atomic mass is 16.5. The van der Waals surface area contributed by atoms with Gasteiger partial charge in [0.15, 0.2) is 5.82 Å². The van der Waals surface area contributed by atoms with E-state index in [2.05, 4.69) is 25.9 Å². The highest BCUT2D eigenvalue weighted by Gasteiger charge is 2.22. The standard InChI is InChI=1S/C8H14N2O/c1-5-6(8(2,3)4)11-10-7(5)9/h1-4H3,(H2,9,10). The number of aromatic nitrogens is 1. The highest BCUT2D eigenvalue weighted by Crippen LogP contribution is 2.27. The third-order valence-electron chi connectivity index (χ3n) is 1.64. The number of nitrogens with two attached hydrogens (primary N) is 1. The summed E-state index contributed by atoms with van der Waals surface area (Å²) in [5.41, 5.74) is 6.48. The van der Waals surface area contributed by atoms with E-state index in [4.69, 9.17) is 10.3 Å². The minimum Gasteiger partial charge on any atom is -0.381 e. The smallest absolute Gasteiger partial charge is 0.170 e. The molecule has 0 saturated heterocycles. The quantitative estimate of drug-likeness (QED) is 0.620. The molecule has 0 radical (unpaired) electrons. The van der Waals surface area contributed by atoms with Crippen LogP contribution < -0.4 is 5.73 Å². The van der Waals surface area contributed by atoms with Crippen molar-refractivity contribution in [2.45, 2.75) is 33.1 Å². The molecule has 1 rings (SSSR count). The Morgan fingerprint density at radius 3 is 2.09 bits per heavy atom. The van der Waals surface area contributed by atoms with Crippen LogP contribution in [0, 0.1) is 6.92 Å². The monoisotopic (exact) mass is 154 g/mol. The molecule has 1 heterocycles. The molecular weight excluding hydrogens is 140 g/mol. The summed E-state index contributed by atoms with van der Waals surface area (Å²) in [6.45, 7) is 8.13. The summed E-state index contributed by atoms with van der Waals surface area (Å²) in [6.07, 6.45) is 0. The third kappa shape index (κ3) is 1.37. The van der Waals surface area contributed by atoms with Gasteiger partial charge >= 0.3 is 0 Å². The summed E-state index contributed by atoms with van der Waals surface area (Å²) in [6, 6.07) is 0. The maximum atomic E-state index is 5.53. The molecule has 2 N–H and O–H groups in total. The van der Waals surface area contributed by atoms with Gasteiger partial charge in [-0.05, 0) is 6.92 Å². The van der Waals surface area contributed by atoms with Crippen LogP contribution in [-0.2, 0) is 5.41 Å². The van der Waals surface area contributed by atoms with E-state index in [-0.39, 0.29) is 5.41 Å². The first kappa shape index (κ1) is 8.11. The molecule has 0 aliphatic rings. The van der Waals surface area contributed by atoms with Gasteiger partial charge in [0.25, 0.3) is 0 Å². The summed E-state index contributed by atoms with van der Waals surface area (Å²) in [5.74, 6) is 1.37. The van der Waals surface area contributed by atoms with Gasteiger partial charge in [-0.1, -0.05) is 25.9 Å². The number of hydrogen-bond acceptors (Lipinski definition) is 3. The van der Waals surface area contributed by atoms with Crippen LogP contribution >= 0.6 is 0 Å². The van der Waals surface area contributed by atoms with E-state index in [1.807, 2.05) is 6.92 Å². The molecule has 0 aliphatic heterocycles. The largest absolute Gasteiger partial charge is 0.381 e. The van der Waals surface area contributed by atoms with Gasteiger partial charge in [0.05, 0.1) is 0 Å². The second-order valence-corrected chi connectivity index (χ2v) is 3.77. The molecular formula is C8H14N2O. The van der Waals surface area contributed by atoms with Crippen molar-refractivity contribution in [2.75, 3.05) is 5.73 Å². The second kappa shape index (κ2) is 2.26. The van der Waals surface area contributed by atoms with E-state index >= 15 is 0 Å². The lowest BCUT2D eigenvalue weighted by atomic mass is 9.91. The van der Waals surface area contributed by atoms with Crippen molar-refractivity contribution < 1.29 is 4.52 Å². The zero-order chi connectivity index (χ0) is 8.65. The lowest BCUT2D eigenvalue weighted by molar-refractivity contribution is 0.329. The van der Waals surface area contributed by atoms with E-state index in [9.17, 15) is 0 Å². The number of hydrogen-bond donors (Lipinski definition) is 1. The molecule has 3 heteroatoms. The molecule has 0 atom stereocenters. The maximum absolute atomic E-state index is 5.53. The number of rotatable bonds is 0. The number of nitrogens with zero attached hydrogens (tertiary/aromatic N) is 1. The Bertz CT molecular complexity index is 258. The van der Waals surface area contributed by atoms with Crippen molar-refractivity contribution in [1.82, 2.24) is 5.16 Å². The van der Waals surface area contributed by atoms with Crippen molar-refractivity contribution in [2.24, 2.45) is 0 Å².